The van der Waals surface area contributed by atoms with E-state index in [1.165, 1.54) is 6.20 Å². The largest absolute Gasteiger partial charge is 0.389 e. The maximum Gasteiger partial charge on any atom is 0.251 e. The molecule has 0 aromatic carbocycles. The number of primary amides is 1. The Morgan fingerprint density at radius 3 is 2.74 bits per heavy atom. The van der Waals surface area contributed by atoms with Gasteiger partial charge in [0.1, 0.15) is 0 Å². The Morgan fingerprint density at radius 1 is 1.47 bits per heavy atom. The number of aliphatic hydroxyl groups is 1. The molecular formula is C13H20N4O2. The van der Waals surface area contributed by atoms with Gasteiger partial charge in [0.2, 0.25) is 0 Å². The molecule has 3 rings (SSSR count). The highest BCUT2D eigenvalue weighted by Gasteiger charge is 2.38. The number of hydrogen-bond acceptors (Lipinski definition) is 4. The third kappa shape index (κ3) is 2.50. The van der Waals surface area contributed by atoms with Crippen molar-refractivity contribution in [2.45, 2.75) is 37.3 Å². The summed E-state index contributed by atoms with van der Waals surface area (Å²) in [6, 6.07) is 0.290. The van der Waals surface area contributed by atoms with Crippen LogP contribution < -0.4 is 5.73 Å². The first-order chi connectivity index (χ1) is 9.06. The van der Waals surface area contributed by atoms with Gasteiger partial charge in [-0.15, -0.1) is 0 Å². The molecule has 2 fully saturated rings. The first-order valence-corrected chi connectivity index (χ1v) is 6.84. The van der Waals surface area contributed by atoms with Gasteiger partial charge in [-0.2, -0.15) is 5.10 Å². The van der Waals surface area contributed by atoms with E-state index >= 15 is 0 Å². The van der Waals surface area contributed by atoms with Crippen LogP contribution in [0.15, 0.2) is 12.4 Å². The number of nitrogens with zero attached hydrogens (tertiary/aromatic N) is 3. The zero-order valence-electron chi connectivity index (χ0n) is 11.0. The summed E-state index contributed by atoms with van der Waals surface area (Å²) in [6.45, 7) is 2.51. The van der Waals surface area contributed by atoms with E-state index in [2.05, 4.69) is 10.00 Å². The first kappa shape index (κ1) is 12.6. The molecule has 1 aliphatic carbocycles. The lowest BCUT2D eigenvalue weighted by molar-refractivity contribution is -0.0256. The maximum absolute atomic E-state index is 11.0. The molecule has 1 aromatic rings. The van der Waals surface area contributed by atoms with Gasteiger partial charge in [-0.3, -0.25) is 14.4 Å². The number of rotatable bonds is 4. The van der Waals surface area contributed by atoms with Gasteiger partial charge in [0.05, 0.1) is 23.4 Å². The van der Waals surface area contributed by atoms with Crippen molar-refractivity contribution in [1.29, 1.82) is 0 Å². The monoisotopic (exact) mass is 264 g/mol. The molecule has 2 aliphatic rings. The SMILES string of the molecule is NC(=O)c1cnn(C2CN(CC3(O)CCCC3)C2)c1. The van der Waals surface area contributed by atoms with E-state index in [1.54, 1.807) is 10.9 Å². The Kier molecular flexibility index (Phi) is 3.06. The zero-order chi connectivity index (χ0) is 13.5. The van der Waals surface area contributed by atoms with E-state index in [0.717, 1.165) is 45.3 Å². The predicted molar refractivity (Wildman–Crippen MR) is 69.6 cm³/mol. The fourth-order valence-corrected chi connectivity index (χ4v) is 3.11. The Hall–Kier alpha value is -1.40. The molecule has 6 nitrogen and oxygen atoms in total. The minimum atomic E-state index is -0.479. The molecule has 6 heteroatoms. The molecule has 0 spiro atoms. The lowest BCUT2D eigenvalue weighted by Gasteiger charge is -2.42. The van der Waals surface area contributed by atoms with E-state index < -0.39 is 11.5 Å². The van der Waals surface area contributed by atoms with Gasteiger partial charge in [0.25, 0.3) is 5.91 Å². The molecule has 1 amide bonds. The molecule has 3 N–H and O–H groups in total. The van der Waals surface area contributed by atoms with Crippen LogP contribution in [0.3, 0.4) is 0 Å². The smallest absolute Gasteiger partial charge is 0.251 e. The summed E-state index contributed by atoms with van der Waals surface area (Å²) >= 11 is 0. The van der Waals surface area contributed by atoms with Gasteiger partial charge in [-0.05, 0) is 12.8 Å². The summed E-state index contributed by atoms with van der Waals surface area (Å²) in [6.07, 6.45) is 7.32. The van der Waals surface area contributed by atoms with Crippen LogP contribution in [0, 0.1) is 0 Å². The van der Waals surface area contributed by atoms with Gasteiger partial charge in [0, 0.05) is 25.8 Å². The number of nitrogens with two attached hydrogens (primary N) is 1. The van der Waals surface area contributed by atoms with Crippen LogP contribution in [-0.4, -0.2) is 50.9 Å². The standard InChI is InChI=1S/C13H20N4O2/c14-12(18)10-5-15-17(6-10)11-7-16(8-11)9-13(19)3-1-2-4-13/h5-6,11,19H,1-4,7-9H2,(H2,14,18). The molecule has 1 saturated carbocycles. The van der Waals surface area contributed by atoms with E-state index in [4.69, 9.17) is 5.73 Å². The molecule has 2 heterocycles. The quantitative estimate of drug-likeness (QED) is 0.810. The molecule has 0 unspecified atom stereocenters. The van der Waals surface area contributed by atoms with Crippen LogP contribution in [0.4, 0.5) is 0 Å². The second-order valence-electron chi connectivity index (χ2n) is 5.85. The Balaban J connectivity index is 1.53. The number of aromatic nitrogens is 2. The first-order valence-electron chi connectivity index (χ1n) is 6.84. The molecule has 0 bridgehead atoms. The van der Waals surface area contributed by atoms with Crippen LogP contribution in [0.5, 0.6) is 0 Å². The number of hydrogen-bond donors (Lipinski definition) is 2. The summed E-state index contributed by atoms with van der Waals surface area (Å²) in [5.41, 5.74) is 5.18. The summed E-state index contributed by atoms with van der Waals surface area (Å²) in [7, 11) is 0. The summed E-state index contributed by atoms with van der Waals surface area (Å²) in [5, 5.41) is 14.5. The lowest BCUT2D eigenvalue weighted by Crippen LogP contribution is -2.53. The highest BCUT2D eigenvalue weighted by Crippen LogP contribution is 2.32. The zero-order valence-corrected chi connectivity index (χ0v) is 11.0. The predicted octanol–water partition coefficient (Wildman–Crippen LogP) is 0.144. The Morgan fingerprint density at radius 2 is 2.16 bits per heavy atom. The van der Waals surface area contributed by atoms with Gasteiger partial charge in [-0.25, -0.2) is 0 Å². The molecule has 0 radical (unpaired) electrons. The highest BCUT2D eigenvalue weighted by molar-refractivity contribution is 5.92. The molecule has 1 aliphatic heterocycles. The normalized spacial score (nSPS) is 23.4. The maximum atomic E-state index is 11.0. The minimum Gasteiger partial charge on any atom is -0.389 e. The number of β-amino-alcohol motifs (C(OH)–C–C–N with tert-alkyl or cyclic N) is 1. The fourth-order valence-electron chi connectivity index (χ4n) is 3.11. The van der Waals surface area contributed by atoms with Gasteiger partial charge in [-0.1, -0.05) is 12.8 Å². The topological polar surface area (TPSA) is 84.4 Å². The van der Waals surface area contributed by atoms with E-state index in [9.17, 15) is 9.90 Å². The lowest BCUT2D eigenvalue weighted by atomic mass is 9.98. The fraction of sp³-hybridized carbons (Fsp3) is 0.692. The van der Waals surface area contributed by atoms with E-state index in [0.29, 0.717) is 5.56 Å². The van der Waals surface area contributed by atoms with Crippen LogP contribution in [0.2, 0.25) is 0 Å². The second kappa shape index (κ2) is 4.61. The van der Waals surface area contributed by atoms with Crippen molar-refractivity contribution in [2.24, 2.45) is 5.73 Å². The van der Waals surface area contributed by atoms with E-state index in [1.807, 2.05) is 0 Å². The van der Waals surface area contributed by atoms with Crippen molar-refractivity contribution in [3.8, 4) is 0 Å². The average Bonchev–Trinajstić information content (AvgIpc) is 2.92. The number of carbonyl (C=O) groups excluding carboxylic acids is 1. The highest BCUT2D eigenvalue weighted by atomic mass is 16.3. The second-order valence-corrected chi connectivity index (χ2v) is 5.85. The van der Waals surface area contributed by atoms with Crippen molar-refractivity contribution in [3.05, 3.63) is 18.0 Å². The van der Waals surface area contributed by atoms with Gasteiger partial charge < -0.3 is 10.8 Å². The van der Waals surface area contributed by atoms with Crippen LogP contribution in [-0.2, 0) is 0 Å². The van der Waals surface area contributed by atoms with Crippen LogP contribution in [0.25, 0.3) is 0 Å². The Bertz CT molecular complexity index is 473. The third-order valence-electron chi connectivity index (χ3n) is 4.25. The van der Waals surface area contributed by atoms with Gasteiger partial charge >= 0.3 is 0 Å². The number of amides is 1. The summed E-state index contributed by atoms with van der Waals surface area (Å²) in [5.74, 6) is -0.442. The molecule has 19 heavy (non-hydrogen) atoms. The molecule has 0 atom stereocenters. The number of carbonyl (C=O) groups is 1. The molecular weight excluding hydrogens is 244 g/mol. The van der Waals surface area contributed by atoms with E-state index in [-0.39, 0.29) is 6.04 Å². The van der Waals surface area contributed by atoms with Gasteiger partial charge in [0.15, 0.2) is 0 Å². The average molecular weight is 264 g/mol. The minimum absolute atomic E-state index is 0.290. The summed E-state index contributed by atoms with van der Waals surface area (Å²) in [4.78, 5) is 13.3. The third-order valence-corrected chi connectivity index (χ3v) is 4.25. The Labute approximate surface area is 112 Å². The van der Waals surface area contributed by atoms with Crippen LogP contribution >= 0.6 is 0 Å². The molecule has 104 valence electrons. The number of likely N-dealkylation sites (tertiary alicyclic amines) is 1. The van der Waals surface area contributed by atoms with Crippen molar-refractivity contribution >= 4 is 5.91 Å². The van der Waals surface area contributed by atoms with Crippen molar-refractivity contribution in [2.75, 3.05) is 19.6 Å². The van der Waals surface area contributed by atoms with Crippen molar-refractivity contribution in [3.63, 3.8) is 0 Å². The molecule has 1 saturated heterocycles. The summed E-state index contributed by atoms with van der Waals surface area (Å²) < 4.78 is 1.80. The molecule has 1 aromatic heterocycles. The van der Waals surface area contributed by atoms with Crippen molar-refractivity contribution < 1.29 is 9.90 Å². The van der Waals surface area contributed by atoms with Crippen LogP contribution in [0.1, 0.15) is 42.1 Å². The van der Waals surface area contributed by atoms with Crippen molar-refractivity contribution in [1.82, 2.24) is 14.7 Å².